The number of likely N-dealkylation sites (tertiary alicyclic amines) is 1. The number of hydrogen-bond donors (Lipinski definition) is 1. The maximum absolute atomic E-state index is 15.4. The quantitative estimate of drug-likeness (QED) is 0.499. The highest BCUT2D eigenvalue weighted by Gasteiger charge is 2.57. The lowest BCUT2D eigenvalue weighted by atomic mass is 9.98. The maximum Gasteiger partial charge on any atom is 0.410 e. The first-order chi connectivity index (χ1) is 17.0. The van der Waals surface area contributed by atoms with E-state index in [1.54, 1.807) is 39.8 Å². The topological polar surface area (TPSA) is 97.8 Å². The monoisotopic (exact) mass is 563 g/mol. The standard InChI is InChI=1S/C24H29ClF3N3O5S/c1-14-9-10-19(25)29-16(14)12-35-18-8-6-7-15(20(18)26)11-17-21(30-37(5,33)34)24(27,28)13-31(17)22(32)36-23(2,3)4/h6-10,17,21,30H,11-13H2,1-5H3/t17-,21+/m0/s1. The fourth-order valence-electron chi connectivity index (χ4n) is 3.94. The number of amides is 1. The van der Waals surface area contributed by atoms with Gasteiger partial charge in [-0.15, -0.1) is 0 Å². The average molecular weight is 564 g/mol. The zero-order chi connectivity index (χ0) is 27.8. The van der Waals surface area contributed by atoms with Gasteiger partial charge in [-0.2, -0.15) is 0 Å². The Balaban J connectivity index is 1.92. The summed E-state index contributed by atoms with van der Waals surface area (Å²) in [5, 5.41) is 0.243. The summed E-state index contributed by atoms with van der Waals surface area (Å²) in [6, 6.07) is 4.08. The summed E-state index contributed by atoms with van der Waals surface area (Å²) < 4.78 is 81.9. The molecule has 0 unspecified atom stereocenters. The Kier molecular flexibility index (Phi) is 8.35. The van der Waals surface area contributed by atoms with Crippen molar-refractivity contribution in [1.82, 2.24) is 14.6 Å². The molecule has 2 heterocycles. The molecule has 0 radical (unpaired) electrons. The van der Waals surface area contributed by atoms with Crippen LogP contribution in [0, 0.1) is 12.7 Å². The molecular formula is C24H29ClF3N3O5S. The van der Waals surface area contributed by atoms with Crippen molar-refractivity contribution >= 4 is 27.7 Å². The van der Waals surface area contributed by atoms with Gasteiger partial charge in [0.15, 0.2) is 11.6 Å². The second-order valence-electron chi connectivity index (χ2n) is 9.92. The zero-order valence-corrected chi connectivity index (χ0v) is 22.6. The van der Waals surface area contributed by atoms with Gasteiger partial charge in [0.1, 0.15) is 23.4 Å². The van der Waals surface area contributed by atoms with Crippen LogP contribution in [0.15, 0.2) is 30.3 Å². The molecule has 8 nitrogen and oxygen atoms in total. The third kappa shape index (κ3) is 7.48. The van der Waals surface area contributed by atoms with E-state index in [-0.39, 0.29) is 23.1 Å². The van der Waals surface area contributed by atoms with Crippen LogP contribution >= 0.6 is 11.6 Å². The number of alkyl halides is 2. The summed E-state index contributed by atoms with van der Waals surface area (Å²) in [7, 11) is -4.10. The fourth-order valence-corrected chi connectivity index (χ4v) is 4.89. The molecule has 1 aliphatic rings. The normalized spacial score (nSPS) is 19.6. The number of carbonyl (C=O) groups is 1. The first kappa shape index (κ1) is 29.0. The second kappa shape index (κ2) is 10.7. The predicted octanol–water partition coefficient (Wildman–Crippen LogP) is 4.48. The van der Waals surface area contributed by atoms with Crippen molar-refractivity contribution in [3.05, 3.63) is 58.1 Å². The Morgan fingerprint density at radius 2 is 1.95 bits per heavy atom. The van der Waals surface area contributed by atoms with E-state index in [2.05, 4.69) is 4.98 Å². The molecule has 0 bridgehead atoms. The van der Waals surface area contributed by atoms with E-state index < -0.39 is 58.5 Å². The van der Waals surface area contributed by atoms with Crippen LogP contribution in [0.5, 0.6) is 5.75 Å². The summed E-state index contributed by atoms with van der Waals surface area (Å²) in [4.78, 5) is 17.7. The Morgan fingerprint density at radius 1 is 1.27 bits per heavy atom. The highest BCUT2D eigenvalue weighted by atomic mass is 35.5. The number of nitrogens with zero attached hydrogens (tertiary/aromatic N) is 2. The molecule has 1 aliphatic heterocycles. The molecule has 1 N–H and O–H groups in total. The Bertz CT molecular complexity index is 1270. The number of sulfonamides is 1. The summed E-state index contributed by atoms with van der Waals surface area (Å²) in [5.74, 6) is -4.63. The molecule has 0 aliphatic carbocycles. The van der Waals surface area contributed by atoms with E-state index in [0.29, 0.717) is 5.69 Å². The van der Waals surface area contributed by atoms with Crippen LogP contribution in [0.3, 0.4) is 0 Å². The second-order valence-corrected chi connectivity index (χ2v) is 12.1. The lowest BCUT2D eigenvalue weighted by Gasteiger charge is -2.30. The van der Waals surface area contributed by atoms with Crippen LogP contribution in [-0.2, 0) is 27.8 Å². The maximum atomic E-state index is 15.4. The van der Waals surface area contributed by atoms with Gasteiger partial charge in [-0.3, -0.25) is 4.90 Å². The van der Waals surface area contributed by atoms with Crippen molar-refractivity contribution in [2.75, 3.05) is 12.8 Å². The number of pyridine rings is 1. The number of rotatable bonds is 7. The van der Waals surface area contributed by atoms with E-state index in [4.69, 9.17) is 21.1 Å². The predicted molar refractivity (Wildman–Crippen MR) is 132 cm³/mol. The summed E-state index contributed by atoms with van der Waals surface area (Å²) in [6.07, 6.45) is -0.762. The van der Waals surface area contributed by atoms with Gasteiger partial charge in [0, 0.05) is 0 Å². The van der Waals surface area contributed by atoms with Crippen LogP contribution in [0.25, 0.3) is 0 Å². The van der Waals surface area contributed by atoms with Gasteiger partial charge in [-0.1, -0.05) is 29.8 Å². The van der Waals surface area contributed by atoms with Crippen LogP contribution in [0.2, 0.25) is 5.15 Å². The molecule has 1 saturated heterocycles. The molecule has 2 atom stereocenters. The van der Waals surface area contributed by atoms with Gasteiger partial charge >= 0.3 is 6.09 Å². The van der Waals surface area contributed by atoms with Crippen LogP contribution in [-0.4, -0.2) is 60.8 Å². The smallest absolute Gasteiger partial charge is 0.410 e. The van der Waals surface area contributed by atoms with E-state index in [9.17, 15) is 22.0 Å². The Labute approximate surface area is 219 Å². The van der Waals surface area contributed by atoms with Gasteiger partial charge in [-0.25, -0.2) is 36.1 Å². The molecule has 13 heteroatoms. The number of aromatic nitrogens is 1. The number of halogens is 4. The number of benzene rings is 1. The average Bonchev–Trinajstić information content (AvgIpc) is 2.99. The summed E-state index contributed by atoms with van der Waals surface area (Å²) in [6.45, 7) is 5.29. The highest BCUT2D eigenvalue weighted by molar-refractivity contribution is 7.88. The number of hydrogen-bond acceptors (Lipinski definition) is 6. The first-order valence-corrected chi connectivity index (χ1v) is 13.6. The molecule has 204 valence electrons. The minimum absolute atomic E-state index is 0.0511. The first-order valence-electron chi connectivity index (χ1n) is 11.3. The Morgan fingerprint density at radius 3 is 2.57 bits per heavy atom. The van der Waals surface area contributed by atoms with E-state index in [0.717, 1.165) is 16.7 Å². The van der Waals surface area contributed by atoms with Crippen molar-refractivity contribution in [3.8, 4) is 5.75 Å². The molecule has 37 heavy (non-hydrogen) atoms. The SMILES string of the molecule is Cc1ccc(Cl)nc1COc1cccc(C[C@H]2[C@@H](NS(C)(=O)=O)C(F)(F)CN2C(=O)OC(C)(C)C)c1F. The largest absolute Gasteiger partial charge is 0.484 e. The van der Waals surface area contributed by atoms with Crippen molar-refractivity contribution in [2.24, 2.45) is 0 Å². The van der Waals surface area contributed by atoms with Crippen LogP contribution in [0.4, 0.5) is 18.0 Å². The fraction of sp³-hybridized carbons (Fsp3) is 0.500. The Hall–Kier alpha value is -2.57. The molecule has 1 aromatic heterocycles. The molecule has 3 rings (SSSR count). The van der Waals surface area contributed by atoms with Gasteiger partial charge in [0.25, 0.3) is 5.92 Å². The lowest BCUT2D eigenvalue weighted by Crippen LogP contribution is -2.52. The number of nitrogens with one attached hydrogen (secondary N) is 1. The minimum Gasteiger partial charge on any atom is -0.484 e. The summed E-state index contributed by atoms with van der Waals surface area (Å²) >= 11 is 5.92. The highest BCUT2D eigenvalue weighted by Crippen LogP contribution is 2.37. The van der Waals surface area contributed by atoms with E-state index in [1.165, 1.54) is 18.2 Å². The van der Waals surface area contributed by atoms with E-state index in [1.807, 2.05) is 4.72 Å². The third-order valence-electron chi connectivity index (χ3n) is 5.59. The van der Waals surface area contributed by atoms with Gasteiger partial charge in [-0.05, 0) is 57.4 Å². The molecule has 1 aromatic carbocycles. The molecule has 0 spiro atoms. The molecular weight excluding hydrogens is 535 g/mol. The third-order valence-corrected chi connectivity index (χ3v) is 6.49. The number of carbonyl (C=O) groups excluding carboxylic acids is 1. The minimum atomic E-state index is -4.10. The zero-order valence-electron chi connectivity index (χ0n) is 21.0. The van der Waals surface area contributed by atoms with E-state index >= 15 is 4.39 Å². The van der Waals surface area contributed by atoms with Gasteiger partial charge in [0.2, 0.25) is 10.0 Å². The van der Waals surface area contributed by atoms with Gasteiger partial charge in [0.05, 0.1) is 24.5 Å². The number of ether oxygens (including phenoxy) is 2. The molecule has 2 aromatic rings. The lowest BCUT2D eigenvalue weighted by molar-refractivity contribution is -0.0122. The summed E-state index contributed by atoms with van der Waals surface area (Å²) in [5.41, 5.74) is 0.216. The van der Waals surface area contributed by atoms with Crippen molar-refractivity contribution < 1.29 is 35.9 Å². The number of aryl methyl sites for hydroxylation is 1. The van der Waals surface area contributed by atoms with Crippen molar-refractivity contribution in [2.45, 2.75) is 64.3 Å². The molecule has 1 fully saturated rings. The van der Waals surface area contributed by atoms with Crippen LogP contribution < -0.4 is 9.46 Å². The van der Waals surface area contributed by atoms with Crippen molar-refractivity contribution in [1.29, 1.82) is 0 Å². The molecule has 1 amide bonds. The molecule has 0 saturated carbocycles. The van der Waals surface area contributed by atoms with Crippen molar-refractivity contribution in [3.63, 3.8) is 0 Å². The van der Waals surface area contributed by atoms with Crippen LogP contribution in [0.1, 0.15) is 37.6 Å². The van der Waals surface area contributed by atoms with Gasteiger partial charge < -0.3 is 9.47 Å².